The molecular weight excluding hydrogens is 358 g/mol. The summed E-state index contributed by atoms with van der Waals surface area (Å²) in [6.45, 7) is 6.54. The van der Waals surface area contributed by atoms with Gasteiger partial charge in [-0.15, -0.1) is 17.8 Å². The van der Waals surface area contributed by atoms with Gasteiger partial charge in [-0.1, -0.05) is 6.92 Å². The second kappa shape index (κ2) is 7.51. The summed E-state index contributed by atoms with van der Waals surface area (Å²) in [5.41, 5.74) is 3.51. The molecule has 0 spiro atoms. The van der Waals surface area contributed by atoms with Gasteiger partial charge in [0.15, 0.2) is 5.01 Å². The predicted octanol–water partition coefficient (Wildman–Crippen LogP) is 2.25. The van der Waals surface area contributed by atoms with Gasteiger partial charge in [0.05, 0.1) is 11.0 Å². The average molecular weight is 379 g/mol. The van der Waals surface area contributed by atoms with Crippen LogP contribution in [0.2, 0.25) is 0 Å². The number of hydrogen-bond donors (Lipinski definition) is 1. The highest BCUT2D eigenvalue weighted by molar-refractivity contribution is 7.10. The zero-order chi connectivity index (χ0) is 18.8. The monoisotopic (exact) mass is 379 g/mol. The maximum Gasteiger partial charge on any atom is 0.251 e. The van der Waals surface area contributed by atoms with Crippen molar-refractivity contribution in [1.82, 2.24) is 19.9 Å². The van der Waals surface area contributed by atoms with E-state index in [9.17, 15) is 4.79 Å². The van der Waals surface area contributed by atoms with Crippen molar-refractivity contribution in [2.45, 2.75) is 19.9 Å². The molecule has 0 unspecified atom stereocenters. The first-order valence-electron chi connectivity index (χ1n) is 9.06. The minimum Gasteiger partial charge on any atom is -0.353 e. The number of H-pyrrole nitrogens is 1. The van der Waals surface area contributed by atoms with Gasteiger partial charge in [-0.2, -0.15) is 0 Å². The SMILES string of the molecule is C#Cc1nc(N2CCN(Cc3cnc4cc(CC)c(=O)[nH]c4c3)CC2)cs1. The zero-order valence-corrected chi connectivity index (χ0v) is 16.1. The van der Waals surface area contributed by atoms with E-state index in [0.29, 0.717) is 6.42 Å². The number of thiazole rings is 1. The van der Waals surface area contributed by atoms with Crippen LogP contribution in [0.4, 0.5) is 5.82 Å². The molecule has 0 bridgehead atoms. The number of terminal acetylenes is 1. The lowest BCUT2D eigenvalue weighted by atomic mass is 10.1. The minimum atomic E-state index is -0.0211. The van der Waals surface area contributed by atoms with Crippen LogP contribution in [0, 0.1) is 12.3 Å². The fourth-order valence-corrected chi connectivity index (χ4v) is 4.02. The number of rotatable bonds is 4. The van der Waals surface area contributed by atoms with Crippen molar-refractivity contribution in [2.75, 3.05) is 31.1 Å². The molecule has 1 saturated heterocycles. The lowest BCUT2D eigenvalue weighted by Gasteiger charge is -2.34. The second-order valence-corrected chi connectivity index (χ2v) is 7.53. The quantitative estimate of drug-likeness (QED) is 0.705. The van der Waals surface area contributed by atoms with Crippen LogP contribution in [0.25, 0.3) is 11.0 Å². The molecule has 0 saturated carbocycles. The van der Waals surface area contributed by atoms with Crippen molar-refractivity contribution in [3.05, 3.63) is 50.2 Å². The summed E-state index contributed by atoms with van der Waals surface area (Å²) in [4.78, 5) is 28.7. The summed E-state index contributed by atoms with van der Waals surface area (Å²) in [6.07, 6.45) is 8.03. The lowest BCUT2D eigenvalue weighted by molar-refractivity contribution is 0.249. The highest BCUT2D eigenvalue weighted by Crippen LogP contribution is 2.20. The maximum atomic E-state index is 12.0. The Morgan fingerprint density at radius 3 is 2.81 bits per heavy atom. The van der Waals surface area contributed by atoms with E-state index < -0.39 is 0 Å². The number of piperazine rings is 1. The third-order valence-electron chi connectivity index (χ3n) is 4.92. The summed E-state index contributed by atoms with van der Waals surface area (Å²) >= 11 is 1.51. The Labute approximate surface area is 161 Å². The van der Waals surface area contributed by atoms with Crippen molar-refractivity contribution in [1.29, 1.82) is 0 Å². The summed E-state index contributed by atoms with van der Waals surface area (Å²) in [7, 11) is 0. The maximum absolute atomic E-state index is 12.0. The van der Waals surface area contributed by atoms with Crippen molar-refractivity contribution in [3.8, 4) is 12.3 Å². The minimum absolute atomic E-state index is 0.0211. The molecule has 3 aromatic heterocycles. The summed E-state index contributed by atoms with van der Waals surface area (Å²) in [5.74, 6) is 3.57. The zero-order valence-electron chi connectivity index (χ0n) is 15.2. The predicted molar refractivity (Wildman–Crippen MR) is 109 cm³/mol. The highest BCUT2D eigenvalue weighted by Gasteiger charge is 2.19. The van der Waals surface area contributed by atoms with Crippen LogP contribution in [0.5, 0.6) is 0 Å². The first-order chi connectivity index (χ1) is 13.2. The van der Waals surface area contributed by atoms with Crippen molar-refractivity contribution in [2.24, 2.45) is 0 Å². The Hall–Kier alpha value is -2.69. The molecule has 3 aromatic rings. The molecule has 6 nitrogen and oxygen atoms in total. The van der Waals surface area contributed by atoms with Gasteiger partial charge < -0.3 is 9.88 Å². The van der Waals surface area contributed by atoms with Gasteiger partial charge in [0, 0.05) is 49.9 Å². The Morgan fingerprint density at radius 1 is 1.30 bits per heavy atom. The van der Waals surface area contributed by atoms with E-state index >= 15 is 0 Å². The molecule has 0 aliphatic carbocycles. The summed E-state index contributed by atoms with van der Waals surface area (Å²) in [5, 5.41) is 2.76. The first kappa shape index (κ1) is 17.7. The molecule has 27 heavy (non-hydrogen) atoms. The molecule has 0 aromatic carbocycles. The number of pyridine rings is 2. The number of aryl methyl sites for hydroxylation is 1. The molecule has 0 amide bonds. The average Bonchev–Trinajstić information content (AvgIpc) is 3.17. The van der Waals surface area contributed by atoms with E-state index in [1.54, 1.807) is 0 Å². The topological polar surface area (TPSA) is 65.1 Å². The number of aromatic nitrogens is 3. The number of anilines is 1. The van der Waals surface area contributed by atoms with E-state index in [-0.39, 0.29) is 5.56 Å². The van der Waals surface area contributed by atoms with Gasteiger partial charge in [-0.3, -0.25) is 14.7 Å². The number of nitrogens with one attached hydrogen (secondary N) is 1. The summed E-state index contributed by atoms with van der Waals surface area (Å²) < 4.78 is 0. The van der Waals surface area contributed by atoms with Crippen LogP contribution in [0.15, 0.2) is 28.5 Å². The Bertz CT molecular complexity index is 1060. The van der Waals surface area contributed by atoms with E-state index in [4.69, 9.17) is 6.42 Å². The number of aromatic amines is 1. The van der Waals surface area contributed by atoms with Crippen molar-refractivity contribution >= 4 is 28.2 Å². The fourth-order valence-electron chi connectivity index (χ4n) is 3.39. The Kier molecular flexibility index (Phi) is 4.92. The van der Waals surface area contributed by atoms with Gasteiger partial charge in [0.2, 0.25) is 0 Å². The third-order valence-corrected chi connectivity index (χ3v) is 5.69. The van der Waals surface area contributed by atoms with E-state index in [1.807, 2.05) is 30.6 Å². The fraction of sp³-hybridized carbons (Fsp3) is 0.350. The van der Waals surface area contributed by atoms with E-state index in [1.165, 1.54) is 11.3 Å². The lowest BCUT2D eigenvalue weighted by Crippen LogP contribution is -2.46. The normalized spacial score (nSPS) is 15.2. The number of fused-ring (bicyclic) bond motifs is 1. The third kappa shape index (κ3) is 3.72. The molecular formula is C20H21N5OS. The Balaban J connectivity index is 1.42. The summed E-state index contributed by atoms with van der Waals surface area (Å²) in [6, 6.07) is 3.92. The first-order valence-corrected chi connectivity index (χ1v) is 9.94. The van der Waals surface area contributed by atoms with Crippen LogP contribution in [0.3, 0.4) is 0 Å². The van der Waals surface area contributed by atoms with E-state index in [2.05, 4.69) is 30.7 Å². The number of nitrogens with zero attached hydrogens (tertiary/aromatic N) is 4. The van der Waals surface area contributed by atoms with Crippen LogP contribution in [-0.4, -0.2) is 46.0 Å². The van der Waals surface area contributed by atoms with Crippen LogP contribution in [0.1, 0.15) is 23.1 Å². The molecule has 1 aliphatic rings. The smallest absolute Gasteiger partial charge is 0.251 e. The molecule has 4 rings (SSSR count). The largest absolute Gasteiger partial charge is 0.353 e. The van der Waals surface area contributed by atoms with Crippen molar-refractivity contribution in [3.63, 3.8) is 0 Å². The molecule has 0 radical (unpaired) electrons. The number of hydrogen-bond acceptors (Lipinski definition) is 6. The highest BCUT2D eigenvalue weighted by atomic mass is 32.1. The van der Waals surface area contributed by atoms with Gasteiger partial charge in [-0.05, 0) is 30.0 Å². The van der Waals surface area contributed by atoms with Crippen molar-refractivity contribution < 1.29 is 0 Å². The van der Waals surface area contributed by atoms with Gasteiger partial charge in [-0.25, -0.2) is 4.98 Å². The van der Waals surface area contributed by atoms with Gasteiger partial charge >= 0.3 is 0 Å². The van der Waals surface area contributed by atoms with Gasteiger partial charge in [0.25, 0.3) is 5.56 Å². The standard InChI is InChI=1S/C20H21N5OS/c1-3-15-10-16-17(22-20(15)26)9-14(11-21-16)12-24-5-7-25(8-6-24)18-13-27-19(4-2)23-18/h2,9-11,13H,3,5-8,12H2,1H3,(H,22,26). The van der Waals surface area contributed by atoms with Crippen LogP contribution >= 0.6 is 11.3 Å². The molecule has 1 fully saturated rings. The molecule has 1 aliphatic heterocycles. The molecule has 1 N–H and O–H groups in total. The second-order valence-electron chi connectivity index (χ2n) is 6.67. The molecule has 0 atom stereocenters. The van der Waals surface area contributed by atoms with E-state index in [0.717, 1.165) is 65.7 Å². The molecule has 138 valence electrons. The molecule has 4 heterocycles. The van der Waals surface area contributed by atoms with Crippen LogP contribution in [-0.2, 0) is 13.0 Å². The van der Waals surface area contributed by atoms with Crippen LogP contribution < -0.4 is 10.5 Å². The molecule has 7 heteroatoms. The Morgan fingerprint density at radius 2 is 2.11 bits per heavy atom. The van der Waals surface area contributed by atoms with Gasteiger partial charge in [0.1, 0.15) is 5.82 Å².